The number of hydrogen-bond acceptors (Lipinski definition) is 5. The van der Waals surface area contributed by atoms with Gasteiger partial charge in [-0.2, -0.15) is 0 Å². The number of hydrogen-bond donors (Lipinski definition) is 1. The van der Waals surface area contributed by atoms with Crippen molar-refractivity contribution in [2.24, 2.45) is 5.41 Å². The summed E-state index contributed by atoms with van der Waals surface area (Å²) in [6, 6.07) is 12.9. The second-order valence-corrected chi connectivity index (χ2v) is 12.9. The van der Waals surface area contributed by atoms with Gasteiger partial charge in [0.1, 0.15) is 22.2 Å². The number of unbranched alkanes of at least 4 members (excludes halogenated alkanes) is 1. The molecule has 0 spiro atoms. The summed E-state index contributed by atoms with van der Waals surface area (Å²) in [7, 11) is -2.96. The molecule has 0 saturated heterocycles. The van der Waals surface area contributed by atoms with E-state index in [2.05, 4.69) is 49.5 Å². The van der Waals surface area contributed by atoms with Crippen molar-refractivity contribution in [2.45, 2.75) is 73.3 Å². The Morgan fingerprint density at radius 2 is 1.66 bits per heavy atom. The lowest BCUT2D eigenvalue weighted by molar-refractivity contribution is -0.128. The number of rotatable bonds is 13. The molecule has 1 unspecified atom stereocenters. The fourth-order valence-corrected chi connectivity index (χ4v) is 4.48. The van der Waals surface area contributed by atoms with Gasteiger partial charge in [0.15, 0.2) is 5.78 Å². The van der Waals surface area contributed by atoms with Crippen molar-refractivity contribution in [1.82, 2.24) is 5.32 Å². The molecule has 194 valence electrons. The molecule has 5 nitrogen and oxygen atoms in total. The molecular weight excluding hydrogens is 458 g/mol. The van der Waals surface area contributed by atoms with E-state index < -0.39 is 15.3 Å². The van der Waals surface area contributed by atoms with Crippen LogP contribution in [0.1, 0.15) is 80.7 Å². The van der Waals surface area contributed by atoms with Crippen molar-refractivity contribution in [2.75, 3.05) is 25.2 Å². The molecule has 0 aliphatic carbocycles. The Morgan fingerprint density at radius 1 is 1.03 bits per heavy atom. The summed E-state index contributed by atoms with van der Waals surface area (Å²) < 4.78 is 28.5. The predicted molar refractivity (Wildman–Crippen MR) is 145 cm³/mol. The van der Waals surface area contributed by atoms with Gasteiger partial charge in [-0.3, -0.25) is 4.79 Å². The maximum atomic E-state index is 12.3. The summed E-state index contributed by atoms with van der Waals surface area (Å²) in [5.41, 5.74) is 5.55. The molecule has 2 rings (SSSR count). The summed E-state index contributed by atoms with van der Waals surface area (Å²) in [6.07, 6.45) is 4.59. The molecule has 0 amide bonds. The molecule has 2 aromatic rings. The van der Waals surface area contributed by atoms with E-state index in [1.807, 2.05) is 33.8 Å². The van der Waals surface area contributed by atoms with Gasteiger partial charge in [0.05, 0.1) is 5.75 Å². The van der Waals surface area contributed by atoms with Gasteiger partial charge in [-0.15, -0.1) is 0 Å². The van der Waals surface area contributed by atoms with Crippen molar-refractivity contribution in [3.8, 4) is 5.75 Å². The number of Topliss-reactive ketones (excluding diaryl/α,β-unsaturated/α-hetero) is 1. The van der Waals surface area contributed by atoms with Gasteiger partial charge < -0.3 is 10.1 Å². The van der Waals surface area contributed by atoms with Crippen LogP contribution in [0.4, 0.5) is 0 Å². The highest BCUT2D eigenvalue weighted by atomic mass is 32.2. The Morgan fingerprint density at radius 3 is 2.20 bits per heavy atom. The molecule has 2 aromatic carbocycles. The molecule has 6 heteroatoms. The molecule has 0 bridgehead atoms. The summed E-state index contributed by atoms with van der Waals surface area (Å²) in [6.45, 7) is 13.3. The zero-order chi connectivity index (χ0) is 26.2. The first-order valence-electron chi connectivity index (χ1n) is 12.6. The van der Waals surface area contributed by atoms with Gasteiger partial charge in [0.2, 0.25) is 0 Å². The smallest absolute Gasteiger partial charge is 0.175 e. The van der Waals surface area contributed by atoms with Crippen molar-refractivity contribution in [3.63, 3.8) is 0 Å². The average Bonchev–Trinajstić information content (AvgIpc) is 2.76. The molecule has 0 heterocycles. The Bertz CT molecular complexity index is 1100. The molecule has 35 heavy (non-hydrogen) atoms. The number of nitrogens with one attached hydrogen (secondary N) is 1. The average molecular weight is 502 g/mol. The minimum Gasteiger partial charge on any atom is -0.486 e. The minimum atomic E-state index is -2.96. The fraction of sp³-hybridized carbons (Fsp3) is 0.552. The van der Waals surface area contributed by atoms with Crippen LogP contribution in [-0.2, 0) is 21.2 Å². The van der Waals surface area contributed by atoms with E-state index in [-0.39, 0.29) is 24.1 Å². The first kappa shape index (κ1) is 29.1. The monoisotopic (exact) mass is 501 g/mol. The quantitative estimate of drug-likeness (QED) is 0.354. The third kappa shape index (κ3) is 9.42. The van der Waals surface area contributed by atoms with E-state index in [1.54, 1.807) is 0 Å². The van der Waals surface area contributed by atoms with Gasteiger partial charge in [-0.05, 0) is 54.2 Å². The first-order valence-corrected chi connectivity index (χ1v) is 14.6. The Labute approximate surface area is 212 Å². The zero-order valence-corrected chi connectivity index (χ0v) is 23.3. The topological polar surface area (TPSA) is 72.5 Å². The highest BCUT2D eigenvalue weighted by Crippen LogP contribution is 2.33. The largest absolute Gasteiger partial charge is 0.486 e. The van der Waals surface area contributed by atoms with Crippen LogP contribution in [-0.4, -0.2) is 39.4 Å². The Kier molecular flexibility index (Phi) is 10.5. The number of carbonyl (C=O) groups excluding carboxylic acids is 1. The van der Waals surface area contributed by atoms with E-state index in [0.717, 1.165) is 30.6 Å². The first-order chi connectivity index (χ1) is 16.3. The van der Waals surface area contributed by atoms with E-state index in [1.165, 1.54) is 28.5 Å². The van der Waals surface area contributed by atoms with Crippen LogP contribution in [0.15, 0.2) is 36.4 Å². The molecule has 0 aromatic heterocycles. The zero-order valence-electron chi connectivity index (χ0n) is 22.5. The van der Waals surface area contributed by atoms with Gasteiger partial charge in [0.25, 0.3) is 0 Å². The SMILES string of the molecule is CCCCC(c1ccc(CNCCS(C)(=O)=O)c(C)c1)c1ccc(OCC(=O)C(C)(C)C)c(C)c1. The summed E-state index contributed by atoms with van der Waals surface area (Å²) in [5, 5.41) is 3.24. The molecule has 0 radical (unpaired) electrons. The lowest BCUT2D eigenvalue weighted by Crippen LogP contribution is -2.26. The number of ether oxygens (including phenoxy) is 1. The number of aryl methyl sites for hydroxylation is 2. The minimum absolute atomic E-state index is 0.0851. The van der Waals surface area contributed by atoms with Crippen molar-refractivity contribution >= 4 is 15.6 Å². The van der Waals surface area contributed by atoms with E-state index in [0.29, 0.717) is 13.1 Å². The maximum Gasteiger partial charge on any atom is 0.175 e. The second kappa shape index (κ2) is 12.7. The van der Waals surface area contributed by atoms with Crippen LogP contribution in [0.3, 0.4) is 0 Å². The molecule has 0 aliphatic rings. The van der Waals surface area contributed by atoms with Gasteiger partial charge >= 0.3 is 0 Å². The Hall–Kier alpha value is -2.18. The third-order valence-corrected chi connectivity index (χ3v) is 7.32. The van der Waals surface area contributed by atoms with Crippen LogP contribution in [0.25, 0.3) is 0 Å². The summed E-state index contributed by atoms with van der Waals surface area (Å²) in [5.74, 6) is 1.27. The maximum absolute atomic E-state index is 12.3. The van der Waals surface area contributed by atoms with Crippen LogP contribution in [0, 0.1) is 19.3 Å². The lowest BCUT2D eigenvalue weighted by Gasteiger charge is -2.21. The van der Waals surface area contributed by atoms with Crippen LogP contribution >= 0.6 is 0 Å². The number of carbonyl (C=O) groups is 1. The summed E-state index contributed by atoms with van der Waals surface area (Å²) in [4.78, 5) is 12.3. The van der Waals surface area contributed by atoms with Gasteiger partial charge in [0, 0.05) is 30.7 Å². The van der Waals surface area contributed by atoms with Crippen molar-refractivity contribution in [3.05, 3.63) is 64.2 Å². The molecule has 0 aliphatic heterocycles. The molecule has 0 saturated carbocycles. The van der Waals surface area contributed by atoms with Crippen LogP contribution in [0.5, 0.6) is 5.75 Å². The van der Waals surface area contributed by atoms with Crippen molar-refractivity contribution in [1.29, 1.82) is 0 Å². The summed E-state index contributed by atoms with van der Waals surface area (Å²) >= 11 is 0. The molecular formula is C29H43NO4S. The van der Waals surface area contributed by atoms with E-state index in [4.69, 9.17) is 4.74 Å². The molecule has 1 N–H and O–H groups in total. The lowest BCUT2D eigenvalue weighted by atomic mass is 9.85. The highest BCUT2D eigenvalue weighted by Gasteiger charge is 2.22. The number of sulfone groups is 1. The highest BCUT2D eigenvalue weighted by molar-refractivity contribution is 7.90. The van der Waals surface area contributed by atoms with Crippen molar-refractivity contribution < 1.29 is 17.9 Å². The predicted octanol–water partition coefficient (Wildman–Crippen LogP) is 5.75. The third-order valence-electron chi connectivity index (χ3n) is 6.38. The van der Waals surface area contributed by atoms with Gasteiger partial charge in [-0.1, -0.05) is 70.9 Å². The number of benzene rings is 2. The molecule has 1 atom stereocenters. The fourth-order valence-electron chi connectivity index (χ4n) is 3.96. The van der Waals surface area contributed by atoms with Gasteiger partial charge in [-0.25, -0.2) is 8.42 Å². The van der Waals surface area contributed by atoms with E-state index in [9.17, 15) is 13.2 Å². The number of ketones is 1. The van der Waals surface area contributed by atoms with Crippen LogP contribution < -0.4 is 10.1 Å². The van der Waals surface area contributed by atoms with Crippen LogP contribution in [0.2, 0.25) is 0 Å². The van der Waals surface area contributed by atoms with E-state index >= 15 is 0 Å². The molecule has 0 fully saturated rings. The standard InChI is InChI=1S/C29H43NO4S/c1-8-9-10-26(23-11-12-25(21(2)17-23)19-30-15-16-35(7,32)33)24-13-14-27(22(3)18-24)34-20-28(31)29(4,5)6/h11-14,17-18,26,30H,8-10,15-16,19-20H2,1-7H3. The normalized spacial score (nSPS) is 13.0. The second-order valence-electron chi connectivity index (χ2n) is 10.7. The Balaban J connectivity index is 2.18.